The van der Waals surface area contributed by atoms with Gasteiger partial charge in [0, 0.05) is 6.07 Å². The highest BCUT2D eigenvalue weighted by Crippen LogP contribution is 2.20. The summed E-state index contributed by atoms with van der Waals surface area (Å²) in [6.45, 7) is 0. The minimum Gasteiger partial charge on any atom is -0.444 e. The van der Waals surface area contributed by atoms with Crippen molar-refractivity contribution in [2.45, 2.75) is 0 Å². The molecule has 4 heteroatoms. The molecule has 0 aliphatic heterocycles. The maximum absolute atomic E-state index is 13.1. The van der Waals surface area contributed by atoms with Gasteiger partial charge in [-0.2, -0.15) is 0 Å². The number of hydrogen-bond donors (Lipinski definition) is 0. The van der Waals surface area contributed by atoms with Gasteiger partial charge in [0.15, 0.2) is 0 Å². The summed E-state index contributed by atoms with van der Waals surface area (Å²) in [6, 6.07) is 3.19. The second kappa shape index (κ2) is 2.97. The molecule has 0 bridgehead atoms. The van der Waals surface area contributed by atoms with Crippen LogP contribution in [0.4, 0.5) is 8.78 Å². The summed E-state index contributed by atoms with van der Waals surface area (Å²) < 4.78 is 30.4. The van der Waals surface area contributed by atoms with E-state index < -0.39 is 11.6 Å². The summed E-state index contributed by atoms with van der Waals surface area (Å²) in [5, 5.41) is 0. The van der Waals surface area contributed by atoms with Crippen molar-refractivity contribution >= 4 is 0 Å². The predicted molar refractivity (Wildman–Crippen MR) is 40.7 cm³/mol. The van der Waals surface area contributed by atoms with Gasteiger partial charge >= 0.3 is 0 Å². The number of oxazole rings is 1. The van der Waals surface area contributed by atoms with Gasteiger partial charge in [0.2, 0.25) is 5.89 Å². The molecule has 0 saturated heterocycles. The van der Waals surface area contributed by atoms with Gasteiger partial charge in [0.1, 0.15) is 24.1 Å². The highest BCUT2D eigenvalue weighted by Gasteiger charge is 2.09. The van der Waals surface area contributed by atoms with Crippen LogP contribution in [0, 0.1) is 17.8 Å². The summed E-state index contributed by atoms with van der Waals surface area (Å²) >= 11 is 0. The predicted octanol–water partition coefficient (Wildman–Crippen LogP) is 2.42. The first-order valence-electron chi connectivity index (χ1n) is 3.54. The van der Waals surface area contributed by atoms with Crippen LogP contribution in [-0.2, 0) is 0 Å². The number of nitrogens with zero attached hydrogens (tertiary/aromatic N) is 1. The van der Waals surface area contributed by atoms with E-state index in [0.29, 0.717) is 0 Å². The third-order valence-corrected chi connectivity index (χ3v) is 1.55. The lowest BCUT2D eigenvalue weighted by Crippen LogP contribution is -1.85. The summed E-state index contributed by atoms with van der Waals surface area (Å²) in [5.41, 5.74) is 0.127. The van der Waals surface area contributed by atoms with Crippen molar-refractivity contribution in [3.8, 4) is 11.5 Å². The van der Waals surface area contributed by atoms with E-state index in [9.17, 15) is 8.78 Å². The Balaban J connectivity index is 2.53. The van der Waals surface area contributed by atoms with Gasteiger partial charge in [-0.1, -0.05) is 0 Å². The molecule has 0 spiro atoms. The Bertz CT molecular complexity index is 412. The quantitative estimate of drug-likeness (QED) is 0.673. The maximum atomic E-state index is 13.1. The van der Waals surface area contributed by atoms with Crippen molar-refractivity contribution < 1.29 is 13.2 Å². The summed E-state index contributed by atoms with van der Waals surface area (Å²) in [5.74, 6) is -1.23. The van der Waals surface area contributed by atoms with E-state index in [1.54, 1.807) is 0 Å². The maximum Gasteiger partial charge on any atom is 0.229 e. The molecule has 0 unspecified atom stereocenters. The summed E-state index contributed by atoms with van der Waals surface area (Å²) in [7, 11) is 0. The molecule has 1 radical (unpaired) electrons. The number of rotatable bonds is 1. The molecule has 1 aromatic heterocycles. The van der Waals surface area contributed by atoms with Crippen molar-refractivity contribution in [1.82, 2.24) is 4.98 Å². The first-order chi connectivity index (χ1) is 6.27. The lowest BCUT2D eigenvalue weighted by molar-refractivity contribution is 0.554. The summed E-state index contributed by atoms with van der Waals surface area (Å²) in [4.78, 5) is 3.62. The highest BCUT2D eigenvalue weighted by atomic mass is 19.1. The van der Waals surface area contributed by atoms with E-state index in [1.165, 1.54) is 12.3 Å². The Labute approximate surface area is 72.8 Å². The third-order valence-electron chi connectivity index (χ3n) is 1.55. The second-order valence-corrected chi connectivity index (χ2v) is 2.41. The number of halogens is 2. The first-order valence-corrected chi connectivity index (χ1v) is 3.54. The van der Waals surface area contributed by atoms with E-state index in [-0.39, 0.29) is 11.5 Å². The Hall–Kier alpha value is -1.71. The van der Waals surface area contributed by atoms with Crippen LogP contribution >= 0.6 is 0 Å². The van der Waals surface area contributed by atoms with Crippen LogP contribution in [0.25, 0.3) is 11.5 Å². The zero-order valence-corrected chi connectivity index (χ0v) is 6.42. The SMILES string of the molecule is Fc1ccc(-c2n[c]co2)c(F)c1. The Morgan fingerprint density at radius 1 is 1.31 bits per heavy atom. The minimum absolute atomic E-state index is 0.0949. The van der Waals surface area contributed by atoms with Crippen LogP contribution in [0.5, 0.6) is 0 Å². The van der Waals surface area contributed by atoms with Crippen molar-refractivity contribution in [3.05, 3.63) is 42.3 Å². The molecule has 1 aromatic carbocycles. The topological polar surface area (TPSA) is 26.0 Å². The molecule has 65 valence electrons. The smallest absolute Gasteiger partial charge is 0.229 e. The van der Waals surface area contributed by atoms with Crippen LogP contribution in [0.1, 0.15) is 0 Å². The van der Waals surface area contributed by atoms with E-state index in [4.69, 9.17) is 4.42 Å². The van der Waals surface area contributed by atoms with Gasteiger partial charge in [0.05, 0.1) is 5.56 Å². The minimum atomic E-state index is -0.698. The molecular weight excluding hydrogens is 176 g/mol. The molecule has 0 fully saturated rings. The van der Waals surface area contributed by atoms with E-state index in [0.717, 1.165) is 12.1 Å². The fraction of sp³-hybridized carbons (Fsp3) is 0. The van der Waals surface area contributed by atoms with Crippen molar-refractivity contribution in [2.24, 2.45) is 0 Å². The van der Waals surface area contributed by atoms with Gasteiger partial charge in [-0.3, -0.25) is 0 Å². The van der Waals surface area contributed by atoms with E-state index in [1.807, 2.05) is 0 Å². The van der Waals surface area contributed by atoms with Crippen LogP contribution in [0.2, 0.25) is 0 Å². The number of hydrogen-bond acceptors (Lipinski definition) is 2. The molecule has 0 amide bonds. The standard InChI is InChI=1S/C9H4F2NO/c10-6-1-2-7(8(11)5-6)9-12-3-4-13-9/h1-2,4-5H. The van der Waals surface area contributed by atoms with Gasteiger partial charge in [-0.05, 0) is 12.1 Å². The fourth-order valence-corrected chi connectivity index (χ4v) is 0.980. The number of benzene rings is 1. The van der Waals surface area contributed by atoms with Gasteiger partial charge in [-0.25, -0.2) is 13.8 Å². The molecule has 0 aliphatic rings. The summed E-state index contributed by atoms with van der Waals surface area (Å²) in [6.07, 6.45) is 3.60. The Morgan fingerprint density at radius 3 is 2.77 bits per heavy atom. The van der Waals surface area contributed by atoms with Crippen LogP contribution < -0.4 is 0 Å². The van der Waals surface area contributed by atoms with Crippen LogP contribution in [0.15, 0.2) is 28.9 Å². The Kier molecular flexibility index (Phi) is 1.81. The largest absolute Gasteiger partial charge is 0.444 e. The highest BCUT2D eigenvalue weighted by molar-refractivity contribution is 5.53. The monoisotopic (exact) mass is 180 g/mol. The average Bonchev–Trinajstić information content (AvgIpc) is 2.56. The third kappa shape index (κ3) is 1.42. The molecule has 1 heterocycles. The fourth-order valence-electron chi connectivity index (χ4n) is 0.980. The normalized spacial score (nSPS) is 10.3. The van der Waals surface area contributed by atoms with Gasteiger partial charge in [-0.15, -0.1) is 0 Å². The Morgan fingerprint density at radius 2 is 2.15 bits per heavy atom. The van der Waals surface area contributed by atoms with Crippen LogP contribution in [0.3, 0.4) is 0 Å². The van der Waals surface area contributed by atoms with Gasteiger partial charge < -0.3 is 4.42 Å². The number of aromatic nitrogens is 1. The zero-order chi connectivity index (χ0) is 9.26. The molecule has 0 aliphatic carbocycles. The first kappa shape index (κ1) is 7.91. The van der Waals surface area contributed by atoms with E-state index >= 15 is 0 Å². The lowest BCUT2D eigenvalue weighted by atomic mass is 10.2. The van der Waals surface area contributed by atoms with Crippen LogP contribution in [-0.4, -0.2) is 4.98 Å². The second-order valence-electron chi connectivity index (χ2n) is 2.41. The van der Waals surface area contributed by atoms with E-state index in [2.05, 4.69) is 11.2 Å². The molecule has 2 aromatic rings. The van der Waals surface area contributed by atoms with Crippen molar-refractivity contribution in [2.75, 3.05) is 0 Å². The van der Waals surface area contributed by atoms with Crippen molar-refractivity contribution in [3.63, 3.8) is 0 Å². The lowest BCUT2D eigenvalue weighted by Gasteiger charge is -1.96. The molecular formula is C9H4F2NO. The average molecular weight is 180 g/mol. The molecule has 13 heavy (non-hydrogen) atoms. The zero-order valence-electron chi connectivity index (χ0n) is 6.42. The molecule has 0 N–H and O–H groups in total. The molecule has 0 atom stereocenters. The molecule has 2 nitrogen and oxygen atoms in total. The molecule has 2 rings (SSSR count). The van der Waals surface area contributed by atoms with Crippen molar-refractivity contribution in [1.29, 1.82) is 0 Å². The van der Waals surface area contributed by atoms with Gasteiger partial charge in [0.25, 0.3) is 0 Å². The molecule has 0 saturated carbocycles.